The van der Waals surface area contributed by atoms with E-state index in [2.05, 4.69) is 40.1 Å². The monoisotopic (exact) mass is 298 g/mol. The summed E-state index contributed by atoms with van der Waals surface area (Å²) in [5, 5.41) is 3.43. The molecule has 0 amide bonds. The number of nitrogens with zero attached hydrogens (tertiary/aromatic N) is 1. The van der Waals surface area contributed by atoms with Crippen LogP contribution in [0.25, 0.3) is 0 Å². The van der Waals surface area contributed by atoms with Crippen molar-refractivity contribution in [2.75, 3.05) is 11.9 Å². The molecule has 3 heteroatoms. The summed E-state index contributed by atoms with van der Waals surface area (Å²) in [6.45, 7) is 5.63. The molecular formula is C14H23BrN2. The summed E-state index contributed by atoms with van der Waals surface area (Å²) in [4.78, 5) is 4.04. The lowest BCUT2D eigenvalue weighted by Crippen LogP contribution is -2.02. The summed E-state index contributed by atoms with van der Waals surface area (Å²) in [6, 6.07) is 2.00. The van der Waals surface area contributed by atoms with Gasteiger partial charge in [0.15, 0.2) is 0 Å². The van der Waals surface area contributed by atoms with E-state index in [0.717, 1.165) is 22.6 Å². The highest BCUT2D eigenvalue weighted by Crippen LogP contribution is 2.19. The molecule has 0 unspecified atom stereocenters. The summed E-state index contributed by atoms with van der Waals surface area (Å²) in [6.07, 6.45) is 10.3. The summed E-state index contributed by atoms with van der Waals surface area (Å²) >= 11 is 3.48. The average Bonchev–Trinajstić information content (AvgIpc) is 2.30. The molecular weight excluding hydrogens is 276 g/mol. The molecule has 1 rings (SSSR count). The number of aromatic nitrogens is 1. The smallest absolute Gasteiger partial charge is 0.0590 e. The molecule has 0 bridgehead atoms. The summed E-state index contributed by atoms with van der Waals surface area (Å²) < 4.78 is 1.04. The van der Waals surface area contributed by atoms with E-state index in [1.165, 1.54) is 32.1 Å². The van der Waals surface area contributed by atoms with Crippen LogP contribution in [0.5, 0.6) is 0 Å². The van der Waals surface area contributed by atoms with Gasteiger partial charge in [0, 0.05) is 18.9 Å². The molecule has 1 heterocycles. The number of unbranched alkanes of at least 4 members (excludes halogenated alkanes) is 3. The van der Waals surface area contributed by atoms with Crippen LogP contribution in [0, 0.1) is 5.92 Å². The van der Waals surface area contributed by atoms with Gasteiger partial charge in [0.1, 0.15) is 0 Å². The first-order valence-corrected chi connectivity index (χ1v) is 7.33. The standard InChI is InChI=1S/C14H23BrN2/c1-12(2)7-5-3-4-6-9-17-14-8-10-16-11-13(14)15/h8,10-12H,3-7,9H2,1-2H3,(H,16,17). The SMILES string of the molecule is CC(C)CCCCCCNc1ccncc1Br. The van der Waals surface area contributed by atoms with Crippen molar-refractivity contribution < 1.29 is 0 Å². The van der Waals surface area contributed by atoms with Gasteiger partial charge in [-0.1, -0.05) is 39.5 Å². The van der Waals surface area contributed by atoms with Crippen LogP contribution in [0.15, 0.2) is 22.9 Å². The fourth-order valence-electron chi connectivity index (χ4n) is 1.77. The molecule has 0 radical (unpaired) electrons. The van der Waals surface area contributed by atoms with E-state index >= 15 is 0 Å². The number of rotatable bonds is 8. The molecule has 96 valence electrons. The van der Waals surface area contributed by atoms with Gasteiger partial charge in [-0.15, -0.1) is 0 Å². The van der Waals surface area contributed by atoms with E-state index in [4.69, 9.17) is 0 Å². The Morgan fingerprint density at radius 2 is 2.00 bits per heavy atom. The Kier molecular flexibility index (Phi) is 7.25. The summed E-state index contributed by atoms with van der Waals surface area (Å²) in [7, 11) is 0. The molecule has 0 saturated heterocycles. The third-order valence-electron chi connectivity index (χ3n) is 2.80. The first kappa shape index (κ1) is 14.5. The Morgan fingerprint density at radius 3 is 2.71 bits per heavy atom. The van der Waals surface area contributed by atoms with Gasteiger partial charge in [-0.3, -0.25) is 4.98 Å². The van der Waals surface area contributed by atoms with E-state index in [1.54, 1.807) is 0 Å². The van der Waals surface area contributed by atoms with E-state index in [1.807, 2.05) is 18.5 Å². The van der Waals surface area contributed by atoms with Crippen LogP contribution in [0.3, 0.4) is 0 Å². The normalized spacial score (nSPS) is 10.8. The molecule has 17 heavy (non-hydrogen) atoms. The van der Waals surface area contributed by atoms with Crippen molar-refractivity contribution in [1.29, 1.82) is 0 Å². The fraction of sp³-hybridized carbons (Fsp3) is 0.643. The van der Waals surface area contributed by atoms with Crippen LogP contribution in [-0.2, 0) is 0 Å². The predicted octanol–water partition coefficient (Wildman–Crippen LogP) is 4.86. The minimum absolute atomic E-state index is 0.848. The van der Waals surface area contributed by atoms with Crippen LogP contribution in [-0.4, -0.2) is 11.5 Å². The molecule has 0 aliphatic heterocycles. The summed E-state index contributed by atoms with van der Waals surface area (Å²) in [5.74, 6) is 0.848. The topological polar surface area (TPSA) is 24.9 Å². The van der Waals surface area contributed by atoms with Crippen molar-refractivity contribution in [2.45, 2.75) is 46.0 Å². The lowest BCUT2D eigenvalue weighted by molar-refractivity contribution is 0.523. The third-order valence-corrected chi connectivity index (χ3v) is 3.43. The van der Waals surface area contributed by atoms with Gasteiger partial charge in [0.2, 0.25) is 0 Å². The first-order valence-electron chi connectivity index (χ1n) is 6.53. The lowest BCUT2D eigenvalue weighted by Gasteiger charge is -2.08. The zero-order chi connectivity index (χ0) is 12.5. The van der Waals surface area contributed by atoms with Crippen molar-refractivity contribution in [3.63, 3.8) is 0 Å². The van der Waals surface area contributed by atoms with Crippen LogP contribution in [0.2, 0.25) is 0 Å². The number of hydrogen-bond acceptors (Lipinski definition) is 2. The number of halogens is 1. The molecule has 2 nitrogen and oxygen atoms in total. The molecule has 0 aliphatic rings. The van der Waals surface area contributed by atoms with Gasteiger partial charge in [0.05, 0.1) is 10.2 Å². The molecule has 1 aromatic heterocycles. The second-order valence-electron chi connectivity index (χ2n) is 4.88. The first-order chi connectivity index (χ1) is 8.20. The molecule has 0 aliphatic carbocycles. The molecule has 0 saturated carbocycles. The van der Waals surface area contributed by atoms with Gasteiger partial charge < -0.3 is 5.32 Å². The van der Waals surface area contributed by atoms with Gasteiger partial charge in [-0.05, 0) is 34.3 Å². The highest BCUT2D eigenvalue weighted by molar-refractivity contribution is 9.10. The number of anilines is 1. The average molecular weight is 299 g/mol. The van der Waals surface area contributed by atoms with Crippen LogP contribution in [0.4, 0.5) is 5.69 Å². The quantitative estimate of drug-likeness (QED) is 0.693. The van der Waals surface area contributed by atoms with Crippen molar-refractivity contribution in [2.24, 2.45) is 5.92 Å². The third kappa shape index (κ3) is 6.67. The molecule has 0 fully saturated rings. The highest BCUT2D eigenvalue weighted by atomic mass is 79.9. The molecule has 0 spiro atoms. The molecule has 0 aromatic carbocycles. The Balaban J connectivity index is 2.03. The fourth-order valence-corrected chi connectivity index (χ4v) is 2.16. The number of hydrogen-bond donors (Lipinski definition) is 1. The largest absolute Gasteiger partial charge is 0.384 e. The van der Waals surface area contributed by atoms with Gasteiger partial charge >= 0.3 is 0 Å². The predicted molar refractivity (Wildman–Crippen MR) is 78.3 cm³/mol. The van der Waals surface area contributed by atoms with Crippen LogP contribution >= 0.6 is 15.9 Å². The van der Waals surface area contributed by atoms with E-state index in [-0.39, 0.29) is 0 Å². The lowest BCUT2D eigenvalue weighted by atomic mass is 10.0. The van der Waals surface area contributed by atoms with Crippen molar-refractivity contribution >= 4 is 21.6 Å². The van der Waals surface area contributed by atoms with Crippen molar-refractivity contribution in [3.05, 3.63) is 22.9 Å². The van der Waals surface area contributed by atoms with E-state index in [9.17, 15) is 0 Å². The Labute approximate surface area is 113 Å². The van der Waals surface area contributed by atoms with Gasteiger partial charge in [-0.25, -0.2) is 0 Å². The number of nitrogens with one attached hydrogen (secondary N) is 1. The van der Waals surface area contributed by atoms with Gasteiger partial charge in [0.25, 0.3) is 0 Å². The zero-order valence-electron chi connectivity index (χ0n) is 10.9. The molecule has 1 aromatic rings. The Hall–Kier alpha value is -0.570. The molecule has 1 N–H and O–H groups in total. The van der Waals surface area contributed by atoms with E-state index < -0.39 is 0 Å². The van der Waals surface area contributed by atoms with Crippen LogP contribution < -0.4 is 5.32 Å². The minimum Gasteiger partial charge on any atom is -0.384 e. The van der Waals surface area contributed by atoms with E-state index in [0.29, 0.717) is 0 Å². The number of pyridine rings is 1. The maximum atomic E-state index is 4.04. The van der Waals surface area contributed by atoms with Crippen molar-refractivity contribution in [1.82, 2.24) is 4.98 Å². The minimum atomic E-state index is 0.848. The highest BCUT2D eigenvalue weighted by Gasteiger charge is 1.98. The van der Waals surface area contributed by atoms with Crippen molar-refractivity contribution in [3.8, 4) is 0 Å². The maximum absolute atomic E-state index is 4.04. The molecule has 0 atom stereocenters. The van der Waals surface area contributed by atoms with Crippen LogP contribution in [0.1, 0.15) is 46.0 Å². The Morgan fingerprint density at radius 1 is 1.24 bits per heavy atom. The Bertz CT molecular complexity index is 313. The zero-order valence-corrected chi connectivity index (χ0v) is 12.5. The second-order valence-corrected chi connectivity index (χ2v) is 5.73. The summed E-state index contributed by atoms with van der Waals surface area (Å²) in [5.41, 5.74) is 1.14. The maximum Gasteiger partial charge on any atom is 0.0590 e. The van der Waals surface area contributed by atoms with Gasteiger partial charge in [-0.2, -0.15) is 0 Å². The second kappa shape index (κ2) is 8.51.